The van der Waals surface area contributed by atoms with Crippen molar-refractivity contribution in [1.29, 1.82) is 0 Å². The Hall–Kier alpha value is -1.12. The molecule has 0 saturated heterocycles. The normalized spacial score (nSPS) is 14.1. The first kappa shape index (κ1) is 23.1. The van der Waals surface area contributed by atoms with Crippen LogP contribution in [0.2, 0.25) is 0 Å². The lowest BCUT2D eigenvalue weighted by atomic mass is 9.70. The van der Waals surface area contributed by atoms with Gasteiger partial charge in [-0.25, -0.2) is 0 Å². The van der Waals surface area contributed by atoms with Gasteiger partial charge in [-0.15, -0.1) is 0 Å². The summed E-state index contributed by atoms with van der Waals surface area (Å²) in [4.78, 5) is 0. The largest absolute Gasteiger partial charge is 0.0654 e. The molecule has 1 aliphatic carbocycles. The van der Waals surface area contributed by atoms with Crippen molar-refractivity contribution >= 4 is 42.6 Å². The van der Waals surface area contributed by atoms with Crippen molar-refractivity contribution in [3.8, 4) is 11.1 Å². The van der Waals surface area contributed by atoms with Gasteiger partial charge >= 0.3 is 0 Å². The molecule has 0 atom stereocenters. The maximum atomic E-state index is 3.94. The molecule has 2 heteroatoms. The molecule has 3 aromatic carbocycles. The van der Waals surface area contributed by atoms with E-state index in [1.807, 2.05) is 0 Å². The summed E-state index contributed by atoms with van der Waals surface area (Å²) < 4.78 is 2.44. The van der Waals surface area contributed by atoms with Gasteiger partial charge in [-0.05, 0) is 64.1 Å². The van der Waals surface area contributed by atoms with Crippen LogP contribution in [-0.2, 0) is 5.41 Å². The van der Waals surface area contributed by atoms with Gasteiger partial charge in [-0.3, -0.25) is 0 Å². The Morgan fingerprint density at radius 3 is 1.97 bits per heavy atom. The summed E-state index contributed by atoms with van der Waals surface area (Å²) >= 11 is 7.74. The predicted molar refractivity (Wildman–Crippen MR) is 143 cm³/mol. The van der Waals surface area contributed by atoms with E-state index in [-0.39, 0.29) is 5.41 Å². The highest BCUT2D eigenvalue weighted by Crippen LogP contribution is 2.57. The minimum Gasteiger partial charge on any atom is -0.0654 e. The molecular formula is C29H34Br2. The first-order chi connectivity index (χ1) is 15.1. The summed E-state index contributed by atoms with van der Waals surface area (Å²) in [6, 6.07) is 18.4. The van der Waals surface area contributed by atoms with Crippen LogP contribution >= 0.6 is 31.9 Å². The van der Waals surface area contributed by atoms with Gasteiger partial charge in [0, 0.05) is 14.4 Å². The molecule has 1 aliphatic rings. The van der Waals surface area contributed by atoms with Crippen LogP contribution in [0.3, 0.4) is 0 Å². The molecule has 3 aromatic rings. The lowest BCUT2D eigenvalue weighted by Gasteiger charge is -2.33. The quantitative estimate of drug-likeness (QED) is 0.224. The van der Waals surface area contributed by atoms with Crippen molar-refractivity contribution in [1.82, 2.24) is 0 Å². The Bertz CT molecular complexity index is 1040. The topological polar surface area (TPSA) is 0 Å². The lowest BCUT2D eigenvalue weighted by molar-refractivity contribution is 0.401. The fourth-order valence-corrected chi connectivity index (χ4v) is 6.58. The fourth-order valence-electron chi connectivity index (χ4n) is 5.64. The third-order valence-electron chi connectivity index (χ3n) is 7.19. The third-order valence-corrected chi connectivity index (χ3v) is 8.34. The maximum absolute atomic E-state index is 3.94. The van der Waals surface area contributed by atoms with Gasteiger partial charge in [0.15, 0.2) is 0 Å². The molecule has 0 nitrogen and oxygen atoms in total. The molecule has 0 heterocycles. The Morgan fingerprint density at radius 1 is 0.677 bits per heavy atom. The third kappa shape index (κ3) is 4.40. The summed E-state index contributed by atoms with van der Waals surface area (Å²) in [5.74, 6) is 0. The molecule has 0 fully saturated rings. The van der Waals surface area contributed by atoms with Crippen LogP contribution in [-0.4, -0.2) is 0 Å². The van der Waals surface area contributed by atoms with Gasteiger partial charge in [-0.2, -0.15) is 0 Å². The molecule has 0 radical (unpaired) electrons. The van der Waals surface area contributed by atoms with Crippen LogP contribution in [0, 0.1) is 0 Å². The van der Waals surface area contributed by atoms with E-state index in [2.05, 4.69) is 94.2 Å². The molecule has 4 rings (SSSR count). The molecular weight excluding hydrogens is 508 g/mol. The molecule has 0 unspecified atom stereocenters. The molecule has 0 spiro atoms. The highest BCUT2D eigenvalue weighted by atomic mass is 79.9. The van der Waals surface area contributed by atoms with Crippen molar-refractivity contribution < 1.29 is 0 Å². The van der Waals surface area contributed by atoms with Crippen LogP contribution in [0.1, 0.15) is 89.2 Å². The van der Waals surface area contributed by atoms with E-state index >= 15 is 0 Å². The van der Waals surface area contributed by atoms with E-state index in [9.17, 15) is 0 Å². The van der Waals surface area contributed by atoms with Gasteiger partial charge in [-0.1, -0.05) is 127 Å². The number of halogens is 2. The lowest BCUT2D eigenvalue weighted by Crippen LogP contribution is -2.25. The van der Waals surface area contributed by atoms with Gasteiger partial charge in [0.25, 0.3) is 0 Å². The van der Waals surface area contributed by atoms with E-state index in [1.165, 1.54) is 95.1 Å². The second kappa shape index (κ2) is 10.2. The van der Waals surface area contributed by atoms with Crippen molar-refractivity contribution in [2.75, 3.05) is 0 Å². The molecule has 0 bridgehead atoms. The second-order valence-electron chi connectivity index (χ2n) is 9.22. The van der Waals surface area contributed by atoms with E-state index in [1.54, 1.807) is 11.1 Å². The maximum Gasteiger partial charge on any atom is 0.0257 e. The van der Waals surface area contributed by atoms with Crippen molar-refractivity contribution in [3.05, 3.63) is 68.6 Å². The van der Waals surface area contributed by atoms with E-state index in [0.717, 1.165) is 0 Å². The molecule has 164 valence electrons. The van der Waals surface area contributed by atoms with Crippen molar-refractivity contribution in [3.63, 3.8) is 0 Å². The Kier molecular flexibility index (Phi) is 7.60. The smallest absolute Gasteiger partial charge is 0.0257 e. The average Bonchev–Trinajstić information content (AvgIpc) is 3.04. The van der Waals surface area contributed by atoms with Crippen molar-refractivity contribution in [2.45, 2.75) is 83.5 Å². The zero-order valence-electron chi connectivity index (χ0n) is 18.9. The SMILES string of the molecule is CCCCCCC1(CCCCCC)c2cc(Br)ccc2-c2c1cc(Br)c1ccccc21. The summed E-state index contributed by atoms with van der Waals surface area (Å²) in [7, 11) is 0. The van der Waals surface area contributed by atoms with Gasteiger partial charge < -0.3 is 0 Å². The monoisotopic (exact) mass is 540 g/mol. The fraction of sp³-hybridized carbons (Fsp3) is 0.448. The predicted octanol–water partition coefficient (Wildman–Crippen LogP) is 10.6. The average molecular weight is 542 g/mol. The molecule has 31 heavy (non-hydrogen) atoms. The van der Waals surface area contributed by atoms with Gasteiger partial charge in [0.2, 0.25) is 0 Å². The van der Waals surface area contributed by atoms with Crippen molar-refractivity contribution in [2.24, 2.45) is 0 Å². The zero-order chi connectivity index (χ0) is 21.8. The Balaban J connectivity index is 1.90. The van der Waals surface area contributed by atoms with Gasteiger partial charge in [0.05, 0.1) is 0 Å². The Morgan fingerprint density at radius 2 is 1.32 bits per heavy atom. The number of fused-ring (bicyclic) bond motifs is 5. The molecule has 0 N–H and O–H groups in total. The Labute approximate surface area is 205 Å². The number of rotatable bonds is 10. The van der Waals surface area contributed by atoms with Gasteiger partial charge in [0.1, 0.15) is 0 Å². The van der Waals surface area contributed by atoms with Crippen LogP contribution < -0.4 is 0 Å². The molecule has 0 amide bonds. The number of hydrogen-bond donors (Lipinski definition) is 0. The van der Waals surface area contributed by atoms with Crippen LogP contribution in [0.5, 0.6) is 0 Å². The molecule has 0 aromatic heterocycles. The van der Waals surface area contributed by atoms with Crippen LogP contribution in [0.4, 0.5) is 0 Å². The van der Waals surface area contributed by atoms with Crippen LogP contribution in [0.25, 0.3) is 21.9 Å². The van der Waals surface area contributed by atoms with E-state index in [0.29, 0.717) is 0 Å². The minimum atomic E-state index is 0.127. The summed E-state index contributed by atoms with van der Waals surface area (Å²) in [5.41, 5.74) is 6.16. The highest BCUT2D eigenvalue weighted by Gasteiger charge is 2.43. The first-order valence-electron chi connectivity index (χ1n) is 12.1. The highest BCUT2D eigenvalue weighted by molar-refractivity contribution is 9.11. The first-order valence-corrected chi connectivity index (χ1v) is 13.7. The molecule has 0 aliphatic heterocycles. The summed E-state index contributed by atoms with van der Waals surface area (Å²) in [6.07, 6.45) is 13.0. The summed E-state index contributed by atoms with van der Waals surface area (Å²) in [5, 5.41) is 2.71. The standard InChI is InChI=1S/C29H34Br2/c1-3-5-7-11-17-29(18-12-8-6-4-2)25-19-21(30)15-16-24(25)28-23-14-10-9-13-22(23)27(31)20-26(28)29/h9-10,13-16,19-20H,3-8,11-12,17-18H2,1-2H3. The second-order valence-corrected chi connectivity index (χ2v) is 11.0. The minimum absolute atomic E-state index is 0.127. The number of benzene rings is 3. The van der Waals surface area contributed by atoms with Crippen LogP contribution in [0.15, 0.2) is 57.5 Å². The van der Waals surface area contributed by atoms with E-state index in [4.69, 9.17) is 0 Å². The molecule has 0 saturated carbocycles. The van der Waals surface area contributed by atoms with E-state index < -0.39 is 0 Å². The summed E-state index contributed by atoms with van der Waals surface area (Å²) in [6.45, 7) is 4.61. The zero-order valence-corrected chi connectivity index (χ0v) is 22.1. The number of hydrogen-bond acceptors (Lipinski definition) is 0. The number of unbranched alkanes of at least 4 members (excludes halogenated alkanes) is 6.